The van der Waals surface area contributed by atoms with Crippen LogP contribution in [0.1, 0.15) is 354 Å². The van der Waals surface area contributed by atoms with E-state index in [1.165, 1.54) is 257 Å². The highest BCUT2D eigenvalue weighted by molar-refractivity contribution is 5.76. The van der Waals surface area contributed by atoms with Gasteiger partial charge in [0, 0.05) is 12.8 Å². The van der Waals surface area contributed by atoms with E-state index in [0.717, 1.165) is 70.6 Å². The number of esters is 1. The zero-order valence-corrected chi connectivity index (χ0v) is 58.3. The fraction of sp³-hybridized carbons (Fsp3) is 0.823. The van der Waals surface area contributed by atoms with Gasteiger partial charge in [-0.05, 0) is 103 Å². The first-order chi connectivity index (χ1) is 44.2. The van der Waals surface area contributed by atoms with Crippen LogP contribution in [0, 0.1) is 0 Å². The number of nitrogens with one attached hydrogen (secondary N) is 1. The Hall–Kier alpha value is -2.90. The molecule has 0 spiro atoms. The van der Waals surface area contributed by atoms with Gasteiger partial charge >= 0.3 is 5.97 Å². The van der Waals surface area contributed by atoms with Crippen LogP contribution in [0.3, 0.4) is 0 Å². The van der Waals surface area contributed by atoms with Crippen LogP contribution in [0.4, 0.5) is 0 Å². The summed E-state index contributed by atoms with van der Waals surface area (Å²) < 4.78 is 16.7. The molecule has 1 saturated heterocycles. The molecule has 0 saturated carbocycles. The lowest BCUT2D eigenvalue weighted by atomic mass is 9.99. The first kappa shape index (κ1) is 85.1. The molecule has 524 valence electrons. The Kier molecular flexibility index (Phi) is 63.9. The molecule has 0 aromatic heterocycles. The number of aliphatic hydroxyl groups excluding tert-OH is 5. The summed E-state index contributed by atoms with van der Waals surface area (Å²) in [4.78, 5) is 25.1. The number of carbonyl (C=O) groups excluding carboxylic acids is 2. The number of carbonyl (C=O) groups is 2. The Morgan fingerprint density at radius 2 is 0.778 bits per heavy atom. The normalized spacial score (nSPS) is 18.1. The van der Waals surface area contributed by atoms with Crippen molar-refractivity contribution in [2.75, 3.05) is 19.8 Å². The molecule has 1 fully saturated rings. The van der Waals surface area contributed by atoms with Crippen molar-refractivity contribution in [3.63, 3.8) is 0 Å². The molecule has 0 aliphatic carbocycles. The van der Waals surface area contributed by atoms with Crippen molar-refractivity contribution < 1.29 is 49.3 Å². The molecule has 0 aromatic rings. The molecule has 7 unspecified atom stereocenters. The van der Waals surface area contributed by atoms with Gasteiger partial charge in [-0.25, -0.2) is 0 Å². The molecular formula is C79H143NO10. The molecule has 11 heteroatoms. The average molecular weight is 1270 g/mol. The number of unbranched alkanes of at least 4 members (excludes halogenated alkanes) is 43. The van der Waals surface area contributed by atoms with Gasteiger partial charge in [-0.2, -0.15) is 0 Å². The lowest BCUT2D eigenvalue weighted by Gasteiger charge is -2.40. The summed E-state index contributed by atoms with van der Waals surface area (Å²) in [6, 6.07) is -0.827. The monoisotopic (exact) mass is 1270 g/mol. The van der Waals surface area contributed by atoms with E-state index in [1.54, 1.807) is 6.08 Å². The summed E-state index contributed by atoms with van der Waals surface area (Å²) in [5.41, 5.74) is 0. The summed E-state index contributed by atoms with van der Waals surface area (Å²) in [6.07, 6.45) is 82.0. The third-order valence-electron chi connectivity index (χ3n) is 17.7. The summed E-state index contributed by atoms with van der Waals surface area (Å²) >= 11 is 0. The van der Waals surface area contributed by atoms with E-state index in [1.807, 2.05) is 6.08 Å². The molecule has 1 heterocycles. The van der Waals surface area contributed by atoms with Crippen LogP contribution >= 0.6 is 0 Å². The Labute approximate surface area is 553 Å². The number of rotatable bonds is 67. The van der Waals surface area contributed by atoms with Gasteiger partial charge in [-0.3, -0.25) is 9.59 Å². The Balaban J connectivity index is 1.95. The molecule has 0 radical (unpaired) electrons. The molecule has 1 amide bonds. The first-order valence-corrected chi connectivity index (χ1v) is 38.2. The Morgan fingerprint density at radius 3 is 1.21 bits per heavy atom. The second-order valence-corrected chi connectivity index (χ2v) is 26.3. The van der Waals surface area contributed by atoms with E-state index in [2.05, 4.69) is 79.9 Å². The lowest BCUT2D eigenvalue weighted by Crippen LogP contribution is -2.60. The fourth-order valence-electron chi connectivity index (χ4n) is 11.8. The largest absolute Gasteiger partial charge is 0.466 e. The van der Waals surface area contributed by atoms with Crippen LogP contribution in [-0.4, -0.2) is 100 Å². The predicted molar refractivity (Wildman–Crippen MR) is 380 cm³/mol. The van der Waals surface area contributed by atoms with Gasteiger partial charge in [0.1, 0.15) is 24.4 Å². The van der Waals surface area contributed by atoms with Gasteiger partial charge in [0.2, 0.25) is 5.91 Å². The minimum absolute atomic E-state index is 0.00580. The maximum atomic E-state index is 13.1. The topological polar surface area (TPSA) is 175 Å². The quantitative estimate of drug-likeness (QED) is 0.0195. The highest BCUT2D eigenvalue weighted by Gasteiger charge is 2.44. The van der Waals surface area contributed by atoms with Gasteiger partial charge in [-0.1, -0.05) is 311 Å². The van der Waals surface area contributed by atoms with Crippen molar-refractivity contribution in [3.05, 3.63) is 72.9 Å². The number of amides is 1. The highest BCUT2D eigenvalue weighted by atomic mass is 16.7. The predicted octanol–water partition coefficient (Wildman–Crippen LogP) is 20.2. The van der Waals surface area contributed by atoms with Gasteiger partial charge in [-0.15, -0.1) is 0 Å². The lowest BCUT2D eigenvalue weighted by molar-refractivity contribution is -0.302. The molecule has 1 aliphatic rings. The van der Waals surface area contributed by atoms with Gasteiger partial charge in [0.05, 0.1) is 32.0 Å². The summed E-state index contributed by atoms with van der Waals surface area (Å²) in [6.45, 7) is 4.28. The summed E-state index contributed by atoms with van der Waals surface area (Å²) in [7, 11) is 0. The third-order valence-corrected chi connectivity index (χ3v) is 17.7. The number of hydrogen-bond acceptors (Lipinski definition) is 10. The van der Waals surface area contributed by atoms with Crippen molar-refractivity contribution in [2.24, 2.45) is 0 Å². The van der Waals surface area contributed by atoms with Crippen LogP contribution in [0.5, 0.6) is 0 Å². The zero-order valence-electron chi connectivity index (χ0n) is 58.3. The van der Waals surface area contributed by atoms with E-state index in [4.69, 9.17) is 14.2 Å². The van der Waals surface area contributed by atoms with Crippen molar-refractivity contribution in [1.82, 2.24) is 5.32 Å². The standard InChI is InChI=1S/C79H143NO10/c1-3-5-7-9-11-13-15-17-42-45-49-53-57-61-65-72(82)71(70-89-79-78(87)77(86)76(85)73(69-81)90-79)80-74(83)66-62-58-54-50-46-43-39-37-35-33-31-29-27-25-23-21-19-18-20-22-24-26-28-30-32-34-36-38-40-44-48-52-56-60-64-68-88-75(84)67-63-59-55-51-47-41-16-14-12-10-8-6-4-2/h8,10,14,16,20,22,26,28,45,49,61,65,71-73,76-79,81-82,85-87H,3-7,9,11-13,15,17-19,21,23-25,27,29-44,46-48,50-60,62-64,66-70H2,1-2H3,(H,80,83)/b10-8-,16-14-,22-20-,28-26-,49-45+,65-61+. The Morgan fingerprint density at radius 1 is 0.411 bits per heavy atom. The van der Waals surface area contributed by atoms with Crippen LogP contribution in [-0.2, 0) is 23.8 Å². The van der Waals surface area contributed by atoms with E-state index in [-0.39, 0.29) is 18.5 Å². The molecule has 0 bridgehead atoms. The number of allylic oxidation sites excluding steroid dienone is 11. The third kappa shape index (κ3) is 55.5. The van der Waals surface area contributed by atoms with E-state index < -0.39 is 49.5 Å². The fourth-order valence-corrected chi connectivity index (χ4v) is 11.8. The van der Waals surface area contributed by atoms with Gasteiger partial charge < -0.3 is 45.1 Å². The second kappa shape index (κ2) is 67.5. The van der Waals surface area contributed by atoms with Crippen molar-refractivity contribution in [3.8, 4) is 0 Å². The number of ether oxygens (including phenoxy) is 3. The van der Waals surface area contributed by atoms with Gasteiger partial charge in [0.15, 0.2) is 6.29 Å². The van der Waals surface area contributed by atoms with Crippen LogP contribution in [0.15, 0.2) is 72.9 Å². The summed E-state index contributed by atoms with van der Waals surface area (Å²) in [5, 5.41) is 54.5. The van der Waals surface area contributed by atoms with Crippen LogP contribution in [0.25, 0.3) is 0 Å². The van der Waals surface area contributed by atoms with E-state index in [0.29, 0.717) is 19.4 Å². The van der Waals surface area contributed by atoms with E-state index in [9.17, 15) is 35.1 Å². The molecule has 1 rings (SSSR count). The maximum Gasteiger partial charge on any atom is 0.305 e. The van der Waals surface area contributed by atoms with Crippen molar-refractivity contribution in [1.29, 1.82) is 0 Å². The van der Waals surface area contributed by atoms with Crippen LogP contribution in [0.2, 0.25) is 0 Å². The minimum Gasteiger partial charge on any atom is -0.466 e. The average Bonchev–Trinajstić information content (AvgIpc) is 0.980. The minimum atomic E-state index is -1.58. The van der Waals surface area contributed by atoms with Crippen LogP contribution < -0.4 is 5.32 Å². The Bertz CT molecular complexity index is 1730. The zero-order chi connectivity index (χ0) is 65.1. The smallest absolute Gasteiger partial charge is 0.305 e. The first-order valence-electron chi connectivity index (χ1n) is 38.2. The molecule has 11 nitrogen and oxygen atoms in total. The number of aliphatic hydroxyl groups is 5. The maximum absolute atomic E-state index is 13.1. The number of hydrogen-bond donors (Lipinski definition) is 6. The molecule has 7 atom stereocenters. The SMILES string of the molecule is CCC/C=C\C/C=C\CCCCCCCC(=O)OCCCCCCCCCCCCC/C=C\C/C=C\CCCCCCCCCCCCCCCCCCCC(=O)NC(COC1OC(CO)C(O)C(O)C1O)C(O)/C=C/CC/C=C/CCCCCCCCCC. The van der Waals surface area contributed by atoms with E-state index >= 15 is 0 Å². The molecule has 0 aromatic carbocycles. The summed E-state index contributed by atoms with van der Waals surface area (Å²) in [5.74, 6) is -0.194. The van der Waals surface area contributed by atoms with Crippen molar-refractivity contribution in [2.45, 2.75) is 397 Å². The van der Waals surface area contributed by atoms with Crippen molar-refractivity contribution >= 4 is 11.9 Å². The van der Waals surface area contributed by atoms with Gasteiger partial charge in [0.25, 0.3) is 0 Å². The molecular weight excluding hydrogens is 1120 g/mol. The molecule has 90 heavy (non-hydrogen) atoms. The highest BCUT2D eigenvalue weighted by Crippen LogP contribution is 2.23. The molecule has 6 N–H and O–H groups in total. The molecule has 1 aliphatic heterocycles. The second-order valence-electron chi connectivity index (χ2n) is 26.3.